The number of nitrogens with zero attached hydrogens (tertiary/aromatic N) is 2. The van der Waals surface area contributed by atoms with Gasteiger partial charge in [0.1, 0.15) is 6.10 Å². The summed E-state index contributed by atoms with van der Waals surface area (Å²) in [4.78, 5) is 4.14. The minimum atomic E-state index is -0.0534. The first-order valence-electron chi connectivity index (χ1n) is 6.90. The molecule has 0 unspecified atom stereocenters. The lowest BCUT2D eigenvalue weighted by molar-refractivity contribution is 0.0577. The van der Waals surface area contributed by atoms with Crippen LogP contribution in [0.1, 0.15) is 26.3 Å². The second-order valence-electron chi connectivity index (χ2n) is 6.07. The van der Waals surface area contributed by atoms with E-state index in [0.717, 1.165) is 16.3 Å². The van der Waals surface area contributed by atoms with Gasteiger partial charge in [-0.1, -0.05) is 44.5 Å². The van der Waals surface area contributed by atoms with E-state index < -0.39 is 0 Å². The minimum Gasteiger partial charge on any atom is -0.375 e. The number of hydrogen-bond acceptors (Lipinski definition) is 2. The van der Waals surface area contributed by atoms with Crippen molar-refractivity contribution in [2.75, 3.05) is 7.11 Å². The summed E-state index contributed by atoms with van der Waals surface area (Å²) in [6, 6.07) is 7.76. The Kier molecular flexibility index (Phi) is 4.86. The Balaban J connectivity index is 2.48. The van der Waals surface area contributed by atoms with Crippen molar-refractivity contribution in [2.45, 2.75) is 26.9 Å². The van der Waals surface area contributed by atoms with E-state index in [2.05, 4.69) is 31.8 Å². The largest absolute Gasteiger partial charge is 0.375 e. The van der Waals surface area contributed by atoms with Crippen LogP contribution in [0.2, 0.25) is 5.02 Å². The van der Waals surface area contributed by atoms with Crippen molar-refractivity contribution in [1.29, 1.82) is 0 Å². The number of rotatable bonds is 4. The molecule has 0 bridgehead atoms. The van der Waals surface area contributed by atoms with Crippen molar-refractivity contribution in [3.05, 3.63) is 53.6 Å². The molecule has 112 valence electrons. The summed E-state index contributed by atoms with van der Waals surface area (Å²) < 4.78 is 7.75. The number of methoxy groups -OCH3 is 1. The van der Waals surface area contributed by atoms with Crippen LogP contribution in [0.15, 0.2) is 43.0 Å². The van der Waals surface area contributed by atoms with Crippen LogP contribution in [0.3, 0.4) is 0 Å². The Morgan fingerprint density at radius 1 is 1.29 bits per heavy atom. The number of benzene rings is 1. The topological polar surface area (TPSA) is 27.1 Å². The Labute approximate surface area is 131 Å². The second-order valence-corrected chi connectivity index (χ2v) is 6.51. The third-order valence-corrected chi connectivity index (χ3v) is 3.53. The third-order valence-electron chi connectivity index (χ3n) is 3.28. The van der Waals surface area contributed by atoms with E-state index in [1.165, 1.54) is 0 Å². The molecular weight excluding hydrogens is 284 g/mol. The minimum absolute atomic E-state index is 0.0305. The highest BCUT2D eigenvalue weighted by molar-refractivity contribution is 6.30. The standard InChI is InChI=1S/C17H21ClN2O/c1-17(2,3)16(21-4)15(20-10-9-19-12-20)11-13-5-7-14(18)8-6-13/h5-12,16H,1-4H3/b15-11+/t16-/m1/s1. The molecule has 1 aromatic heterocycles. The molecule has 21 heavy (non-hydrogen) atoms. The Morgan fingerprint density at radius 3 is 2.43 bits per heavy atom. The van der Waals surface area contributed by atoms with Gasteiger partial charge < -0.3 is 9.30 Å². The zero-order valence-corrected chi connectivity index (χ0v) is 13.6. The van der Waals surface area contributed by atoms with Crippen molar-refractivity contribution < 1.29 is 4.74 Å². The molecule has 0 N–H and O–H groups in total. The highest BCUT2D eigenvalue weighted by atomic mass is 35.5. The van der Waals surface area contributed by atoms with Crippen LogP contribution in [0.4, 0.5) is 0 Å². The van der Waals surface area contributed by atoms with Gasteiger partial charge in [0.2, 0.25) is 0 Å². The molecule has 2 aromatic rings. The molecule has 0 saturated carbocycles. The van der Waals surface area contributed by atoms with Gasteiger partial charge in [0.05, 0.1) is 12.0 Å². The number of aromatic nitrogens is 2. The van der Waals surface area contributed by atoms with E-state index in [1.54, 1.807) is 19.6 Å². The first-order valence-corrected chi connectivity index (χ1v) is 7.28. The quantitative estimate of drug-likeness (QED) is 0.825. The van der Waals surface area contributed by atoms with Gasteiger partial charge in [-0.3, -0.25) is 0 Å². The summed E-state index contributed by atoms with van der Waals surface area (Å²) in [6.07, 6.45) is 7.55. The molecule has 4 heteroatoms. The van der Waals surface area contributed by atoms with Gasteiger partial charge in [-0.2, -0.15) is 0 Å². The fraction of sp³-hybridized carbons (Fsp3) is 0.353. The molecule has 0 fully saturated rings. The van der Waals surface area contributed by atoms with Crippen LogP contribution in [0.25, 0.3) is 11.8 Å². The van der Waals surface area contributed by atoms with Crippen molar-refractivity contribution in [2.24, 2.45) is 5.41 Å². The molecule has 1 heterocycles. The summed E-state index contributed by atoms with van der Waals surface area (Å²) in [5, 5.41) is 0.732. The summed E-state index contributed by atoms with van der Waals surface area (Å²) in [6.45, 7) is 6.48. The van der Waals surface area contributed by atoms with Crippen LogP contribution in [0.5, 0.6) is 0 Å². The molecule has 0 aliphatic rings. The molecule has 0 spiro atoms. The van der Waals surface area contributed by atoms with Crippen LogP contribution < -0.4 is 0 Å². The van der Waals surface area contributed by atoms with Crippen LogP contribution in [-0.2, 0) is 4.74 Å². The number of imidazole rings is 1. The van der Waals surface area contributed by atoms with E-state index in [4.69, 9.17) is 16.3 Å². The fourth-order valence-electron chi connectivity index (χ4n) is 2.35. The van der Waals surface area contributed by atoms with Crippen molar-refractivity contribution in [1.82, 2.24) is 9.55 Å². The number of ether oxygens (including phenoxy) is 1. The molecule has 0 saturated heterocycles. The first-order chi connectivity index (χ1) is 9.91. The SMILES string of the molecule is CO[C@H](/C(=C\c1ccc(Cl)cc1)n1ccnc1)C(C)(C)C. The maximum atomic E-state index is 5.95. The maximum Gasteiger partial charge on any atom is 0.102 e. The van der Waals surface area contributed by atoms with Gasteiger partial charge in [0.25, 0.3) is 0 Å². The Morgan fingerprint density at radius 2 is 1.95 bits per heavy atom. The molecule has 0 amide bonds. The van der Waals surface area contributed by atoms with Gasteiger partial charge >= 0.3 is 0 Å². The predicted octanol–water partition coefficient (Wildman–Crippen LogP) is 4.60. The summed E-state index contributed by atoms with van der Waals surface area (Å²) in [5.74, 6) is 0. The van der Waals surface area contributed by atoms with Gasteiger partial charge in [-0.05, 0) is 29.2 Å². The van der Waals surface area contributed by atoms with E-state index >= 15 is 0 Å². The summed E-state index contributed by atoms with van der Waals surface area (Å²) >= 11 is 5.95. The van der Waals surface area contributed by atoms with Gasteiger partial charge in [-0.15, -0.1) is 0 Å². The third kappa shape index (κ3) is 3.96. The Bertz CT molecular complexity index is 595. The molecule has 3 nitrogen and oxygen atoms in total. The highest BCUT2D eigenvalue weighted by Crippen LogP contribution is 2.31. The summed E-state index contributed by atoms with van der Waals surface area (Å²) in [5.41, 5.74) is 2.09. The maximum absolute atomic E-state index is 5.95. The molecule has 1 atom stereocenters. The van der Waals surface area contributed by atoms with Crippen LogP contribution in [0, 0.1) is 5.41 Å². The van der Waals surface area contributed by atoms with Gasteiger partial charge in [-0.25, -0.2) is 4.98 Å². The zero-order valence-electron chi connectivity index (χ0n) is 12.9. The molecule has 0 aliphatic heterocycles. The molecule has 1 aromatic carbocycles. The molecular formula is C17H21ClN2O. The Hall–Kier alpha value is -1.58. The zero-order chi connectivity index (χ0) is 15.5. The van der Waals surface area contributed by atoms with Gasteiger partial charge in [0, 0.05) is 24.5 Å². The van der Waals surface area contributed by atoms with Crippen molar-refractivity contribution >= 4 is 23.4 Å². The van der Waals surface area contributed by atoms with E-state index in [-0.39, 0.29) is 11.5 Å². The normalized spacial score (nSPS) is 14.2. The second kappa shape index (κ2) is 6.46. The average Bonchev–Trinajstić information content (AvgIpc) is 2.93. The average molecular weight is 305 g/mol. The first kappa shape index (κ1) is 15.8. The highest BCUT2D eigenvalue weighted by Gasteiger charge is 2.29. The monoisotopic (exact) mass is 304 g/mol. The van der Waals surface area contributed by atoms with E-state index in [9.17, 15) is 0 Å². The molecule has 0 aliphatic carbocycles. The lowest BCUT2D eigenvalue weighted by Crippen LogP contribution is -2.31. The fourth-order valence-corrected chi connectivity index (χ4v) is 2.47. The number of halogens is 1. The lowest BCUT2D eigenvalue weighted by Gasteiger charge is -2.32. The van der Waals surface area contributed by atoms with Crippen molar-refractivity contribution in [3.8, 4) is 0 Å². The molecule has 0 radical (unpaired) electrons. The number of hydrogen-bond donors (Lipinski definition) is 0. The molecule has 2 rings (SSSR count). The van der Waals surface area contributed by atoms with Crippen molar-refractivity contribution in [3.63, 3.8) is 0 Å². The summed E-state index contributed by atoms with van der Waals surface area (Å²) in [7, 11) is 1.74. The van der Waals surface area contributed by atoms with Crippen LogP contribution in [-0.4, -0.2) is 22.8 Å². The van der Waals surface area contributed by atoms with Crippen LogP contribution >= 0.6 is 11.6 Å². The smallest absolute Gasteiger partial charge is 0.102 e. The van der Waals surface area contributed by atoms with E-state index in [0.29, 0.717) is 0 Å². The van der Waals surface area contributed by atoms with E-state index in [1.807, 2.05) is 35.0 Å². The van der Waals surface area contributed by atoms with Gasteiger partial charge in [0.15, 0.2) is 0 Å². The predicted molar refractivity (Wildman–Crippen MR) is 88.1 cm³/mol. The lowest BCUT2D eigenvalue weighted by atomic mass is 9.86.